The maximum atomic E-state index is 11.9. The SMILES string of the molecule is Cc1cccc(OCC2CN(c3cccc(Cl)c3)CC(=O)O2)c1. The van der Waals surface area contributed by atoms with Crippen molar-refractivity contribution in [3.8, 4) is 5.75 Å². The zero-order valence-electron chi connectivity index (χ0n) is 12.9. The molecule has 120 valence electrons. The Balaban J connectivity index is 1.65. The minimum Gasteiger partial charge on any atom is -0.490 e. The summed E-state index contributed by atoms with van der Waals surface area (Å²) in [6.07, 6.45) is -0.309. The molecule has 1 aliphatic rings. The van der Waals surface area contributed by atoms with Crippen molar-refractivity contribution in [2.24, 2.45) is 0 Å². The van der Waals surface area contributed by atoms with Gasteiger partial charge in [0.15, 0.2) is 6.10 Å². The van der Waals surface area contributed by atoms with Crippen LogP contribution in [0.1, 0.15) is 5.56 Å². The van der Waals surface area contributed by atoms with Crippen LogP contribution in [0.4, 0.5) is 5.69 Å². The summed E-state index contributed by atoms with van der Waals surface area (Å²) in [6.45, 7) is 3.14. The molecule has 0 amide bonds. The number of carbonyl (C=O) groups is 1. The first-order chi connectivity index (χ1) is 11.1. The number of morpholine rings is 1. The Morgan fingerprint density at radius 1 is 1.26 bits per heavy atom. The van der Waals surface area contributed by atoms with Crippen molar-refractivity contribution >= 4 is 23.3 Å². The minimum atomic E-state index is -0.309. The predicted octanol–water partition coefficient (Wildman–Crippen LogP) is 3.46. The van der Waals surface area contributed by atoms with E-state index in [4.69, 9.17) is 21.1 Å². The monoisotopic (exact) mass is 331 g/mol. The fourth-order valence-electron chi connectivity index (χ4n) is 2.58. The smallest absolute Gasteiger partial charge is 0.326 e. The maximum absolute atomic E-state index is 11.9. The van der Waals surface area contributed by atoms with Crippen molar-refractivity contribution in [1.29, 1.82) is 0 Å². The molecule has 1 aliphatic heterocycles. The second-order valence-electron chi connectivity index (χ2n) is 5.60. The van der Waals surface area contributed by atoms with E-state index in [1.54, 1.807) is 0 Å². The highest BCUT2D eigenvalue weighted by Gasteiger charge is 2.27. The van der Waals surface area contributed by atoms with Gasteiger partial charge in [-0.3, -0.25) is 4.79 Å². The molecule has 0 bridgehead atoms. The van der Waals surface area contributed by atoms with Gasteiger partial charge >= 0.3 is 5.97 Å². The molecule has 0 spiro atoms. The molecule has 23 heavy (non-hydrogen) atoms. The van der Waals surface area contributed by atoms with Crippen molar-refractivity contribution in [2.45, 2.75) is 13.0 Å². The molecule has 1 unspecified atom stereocenters. The molecule has 4 nitrogen and oxygen atoms in total. The number of carbonyl (C=O) groups excluding carboxylic acids is 1. The summed E-state index contributed by atoms with van der Waals surface area (Å²) >= 11 is 6.03. The van der Waals surface area contributed by atoms with Gasteiger partial charge < -0.3 is 14.4 Å². The van der Waals surface area contributed by atoms with Crippen LogP contribution < -0.4 is 9.64 Å². The molecule has 1 fully saturated rings. The quantitative estimate of drug-likeness (QED) is 0.804. The number of ether oxygens (including phenoxy) is 2. The van der Waals surface area contributed by atoms with E-state index in [9.17, 15) is 4.79 Å². The topological polar surface area (TPSA) is 38.8 Å². The predicted molar refractivity (Wildman–Crippen MR) is 90.2 cm³/mol. The second-order valence-corrected chi connectivity index (χ2v) is 6.04. The van der Waals surface area contributed by atoms with Gasteiger partial charge in [0.25, 0.3) is 0 Å². The Kier molecular flexibility index (Phi) is 4.72. The molecule has 0 N–H and O–H groups in total. The van der Waals surface area contributed by atoms with Crippen molar-refractivity contribution < 1.29 is 14.3 Å². The minimum absolute atomic E-state index is 0.223. The Morgan fingerprint density at radius 3 is 2.87 bits per heavy atom. The van der Waals surface area contributed by atoms with Gasteiger partial charge in [0.1, 0.15) is 18.9 Å². The molecule has 1 saturated heterocycles. The lowest BCUT2D eigenvalue weighted by molar-refractivity contribution is -0.151. The van der Waals surface area contributed by atoms with Crippen LogP contribution in [-0.2, 0) is 9.53 Å². The normalized spacial score (nSPS) is 17.7. The lowest BCUT2D eigenvalue weighted by Crippen LogP contribution is -2.47. The molecular formula is C18H18ClNO3. The first kappa shape index (κ1) is 15.7. The van der Waals surface area contributed by atoms with Gasteiger partial charge in [-0.1, -0.05) is 29.8 Å². The third kappa shape index (κ3) is 4.17. The standard InChI is InChI=1S/C18H18ClNO3/c1-13-4-2-7-16(8-13)22-12-17-10-20(11-18(21)23-17)15-6-3-5-14(19)9-15/h2-9,17H,10-12H2,1H3. The zero-order chi connectivity index (χ0) is 16.2. The van der Waals surface area contributed by atoms with E-state index in [0.29, 0.717) is 18.2 Å². The summed E-state index contributed by atoms with van der Waals surface area (Å²) in [5.41, 5.74) is 2.04. The molecule has 0 aliphatic carbocycles. The van der Waals surface area contributed by atoms with Crippen LogP contribution >= 0.6 is 11.6 Å². The Labute approximate surface area is 140 Å². The van der Waals surface area contributed by atoms with E-state index in [-0.39, 0.29) is 18.6 Å². The van der Waals surface area contributed by atoms with Gasteiger partial charge in [0.2, 0.25) is 0 Å². The summed E-state index contributed by atoms with van der Waals surface area (Å²) < 4.78 is 11.1. The number of halogens is 1. The number of benzene rings is 2. The molecule has 5 heteroatoms. The van der Waals surface area contributed by atoms with E-state index in [1.165, 1.54) is 0 Å². The highest BCUT2D eigenvalue weighted by atomic mass is 35.5. The van der Waals surface area contributed by atoms with Gasteiger partial charge in [-0.05, 0) is 42.8 Å². The van der Waals surface area contributed by atoms with E-state index in [0.717, 1.165) is 17.0 Å². The average molecular weight is 332 g/mol. The Hall–Kier alpha value is -2.20. The van der Waals surface area contributed by atoms with Crippen molar-refractivity contribution in [1.82, 2.24) is 0 Å². The van der Waals surface area contributed by atoms with Crippen molar-refractivity contribution in [2.75, 3.05) is 24.6 Å². The number of nitrogens with zero attached hydrogens (tertiary/aromatic N) is 1. The van der Waals surface area contributed by atoms with Crippen LogP contribution in [0.2, 0.25) is 5.02 Å². The molecule has 0 saturated carbocycles. The van der Waals surface area contributed by atoms with E-state index in [1.807, 2.05) is 60.4 Å². The van der Waals surface area contributed by atoms with Crippen LogP contribution in [0.5, 0.6) is 5.75 Å². The highest BCUT2D eigenvalue weighted by molar-refractivity contribution is 6.30. The third-order valence-corrected chi connectivity index (χ3v) is 3.88. The van der Waals surface area contributed by atoms with E-state index >= 15 is 0 Å². The van der Waals surface area contributed by atoms with Crippen LogP contribution in [0.25, 0.3) is 0 Å². The fourth-order valence-corrected chi connectivity index (χ4v) is 2.76. The third-order valence-electron chi connectivity index (χ3n) is 3.64. The lowest BCUT2D eigenvalue weighted by atomic mass is 10.2. The van der Waals surface area contributed by atoms with Crippen LogP contribution in [0, 0.1) is 6.92 Å². The second kappa shape index (κ2) is 6.92. The van der Waals surface area contributed by atoms with Crippen molar-refractivity contribution in [3.63, 3.8) is 0 Å². The molecule has 3 rings (SSSR count). The summed E-state index contributed by atoms with van der Waals surface area (Å²) in [6, 6.07) is 15.3. The van der Waals surface area contributed by atoms with Gasteiger partial charge in [0.05, 0.1) is 6.54 Å². The van der Waals surface area contributed by atoms with E-state index < -0.39 is 0 Å². The molecular weight excluding hydrogens is 314 g/mol. The molecule has 2 aromatic carbocycles. The first-order valence-corrected chi connectivity index (χ1v) is 7.87. The number of rotatable bonds is 4. The zero-order valence-corrected chi connectivity index (χ0v) is 13.6. The van der Waals surface area contributed by atoms with Gasteiger partial charge in [-0.15, -0.1) is 0 Å². The number of hydrogen-bond donors (Lipinski definition) is 0. The molecule has 1 atom stereocenters. The molecule has 2 aromatic rings. The fraction of sp³-hybridized carbons (Fsp3) is 0.278. The van der Waals surface area contributed by atoms with Gasteiger partial charge in [-0.2, -0.15) is 0 Å². The number of hydrogen-bond acceptors (Lipinski definition) is 4. The lowest BCUT2D eigenvalue weighted by Gasteiger charge is -2.33. The summed E-state index contributed by atoms with van der Waals surface area (Å²) in [5, 5.41) is 0.647. The summed E-state index contributed by atoms with van der Waals surface area (Å²) in [7, 11) is 0. The average Bonchev–Trinajstić information content (AvgIpc) is 2.52. The maximum Gasteiger partial charge on any atom is 0.326 e. The van der Waals surface area contributed by atoms with Gasteiger partial charge in [-0.25, -0.2) is 0 Å². The van der Waals surface area contributed by atoms with Crippen LogP contribution in [0.15, 0.2) is 48.5 Å². The largest absolute Gasteiger partial charge is 0.490 e. The number of esters is 1. The molecule has 0 radical (unpaired) electrons. The van der Waals surface area contributed by atoms with Crippen LogP contribution in [-0.4, -0.2) is 31.8 Å². The highest BCUT2D eigenvalue weighted by Crippen LogP contribution is 2.22. The number of anilines is 1. The summed E-state index contributed by atoms with van der Waals surface area (Å²) in [5.74, 6) is 0.523. The summed E-state index contributed by atoms with van der Waals surface area (Å²) in [4.78, 5) is 13.8. The van der Waals surface area contributed by atoms with Crippen LogP contribution in [0.3, 0.4) is 0 Å². The first-order valence-electron chi connectivity index (χ1n) is 7.49. The molecule has 1 heterocycles. The Bertz CT molecular complexity index is 704. The molecule has 0 aromatic heterocycles. The van der Waals surface area contributed by atoms with Crippen molar-refractivity contribution in [3.05, 3.63) is 59.1 Å². The number of aryl methyl sites for hydroxylation is 1. The van der Waals surface area contributed by atoms with E-state index in [2.05, 4.69) is 0 Å². The Morgan fingerprint density at radius 2 is 2.09 bits per heavy atom. The van der Waals surface area contributed by atoms with Gasteiger partial charge in [0, 0.05) is 10.7 Å². The number of cyclic esters (lactones) is 1.